The maximum absolute atomic E-state index is 4.76. The van der Waals surface area contributed by atoms with E-state index in [1.165, 1.54) is 22.5 Å². The molecule has 0 unspecified atom stereocenters. The van der Waals surface area contributed by atoms with Crippen molar-refractivity contribution in [2.45, 2.75) is 6.42 Å². The highest BCUT2D eigenvalue weighted by Crippen LogP contribution is 2.29. The molecule has 0 atom stereocenters. The Hall–Kier alpha value is -2.87. The van der Waals surface area contributed by atoms with Gasteiger partial charge in [0.05, 0.1) is 11.4 Å². The van der Waals surface area contributed by atoms with Gasteiger partial charge in [-0.05, 0) is 41.5 Å². The number of aliphatic imine (C=N–C) groups is 1. The van der Waals surface area contributed by atoms with Crippen LogP contribution in [0.5, 0.6) is 0 Å². The molecule has 3 aromatic rings. The summed E-state index contributed by atoms with van der Waals surface area (Å²) in [5, 5.41) is 0. The summed E-state index contributed by atoms with van der Waals surface area (Å²) >= 11 is 0. The Bertz CT molecular complexity index is 849. The Morgan fingerprint density at radius 3 is 2.13 bits per heavy atom. The summed E-state index contributed by atoms with van der Waals surface area (Å²) in [5.41, 5.74) is 7.13. The molecule has 1 aliphatic heterocycles. The van der Waals surface area contributed by atoms with Gasteiger partial charge in [-0.3, -0.25) is 4.99 Å². The average Bonchev–Trinajstić information content (AvgIpc) is 3.06. The number of hydrogen-bond donors (Lipinski definition) is 0. The monoisotopic (exact) mass is 298 g/mol. The van der Waals surface area contributed by atoms with E-state index in [2.05, 4.69) is 78.7 Å². The van der Waals surface area contributed by atoms with Crippen molar-refractivity contribution >= 4 is 22.8 Å². The molecule has 23 heavy (non-hydrogen) atoms. The van der Waals surface area contributed by atoms with Crippen molar-refractivity contribution in [1.82, 2.24) is 0 Å². The SMILES string of the molecule is CN(c1ccccc1)c1ccc(C2=Nc3ccccc3C2)cc1. The van der Waals surface area contributed by atoms with Gasteiger partial charge in [0.2, 0.25) is 0 Å². The molecule has 0 aromatic heterocycles. The minimum absolute atomic E-state index is 0.921. The molecule has 0 spiro atoms. The molecule has 1 heterocycles. The topological polar surface area (TPSA) is 15.6 Å². The quantitative estimate of drug-likeness (QED) is 0.654. The van der Waals surface area contributed by atoms with Crippen molar-refractivity contribution in [3.05, 3.63) is 90.0 Å². The average molecular weight is 298 g/mol. The highest BCUT2D eigenvalue weighted by molar-refractivity contribution is 6.06. The number of para-hydroxylation sites is 2. The predicted molar refractivity (Wildman–Crippen MR) is 97.3 cm³/mol. The smallest absolute Gasteiger partial charge is 0.0669 e. The van der Waals surface area contributed by atoms with Crippen LogP contribution in [0.4, 0.5) is 17.1 Å². The van der Waals surface area contributed by atoms with Crippen molar-refractivity contribution < 1.29 is 0 Å². The van der Waals surface area contributed by atoms with Crippen LogP contribution in [0.3, 0.4) is 0 Å². The van der Waals surface area contributed by atoms with E-state index >= 15 is 0 Å². The summed E-state index contributed by atoms with van der Waals surface area (Å²) in [6.45, 7) is 0. The fourth-order valence-corrected chi connectivity index (χ4v) is 2.98. The normalized spacial score (nSPS) is 12.7. The second-order valence-electron chi connectivity index (χ2n) is 5.81. The van der Waals surface area contributed by atoms with Gasteiger partial charge in [0.1, 0.15) is 0 Å². The molecule has 4 rings (SSSR count). The van der Waals surface area contributed by atoms with Crippen molar-refractivity contribution in [2.24, 2.45) is 4.99 Å². The summed E-state index contributed by atoms with van der Waals surface area (Å²) in [6, 6.07) is 27.4. The Balaban J connectivity index is 1.58. The zero-order chi connectivity index (χ0) is 15.6. The molecule has 2 nitrogen and oxygen atoms in total. The minimum atomic E-state index is 0.921. The maximum atomic E-state index is 4.76. The van der Waals surface area contributed by atoms with Crippen molar-refractivity contribution in [2.75, 3.05) is 11.9 Å². The molecule has 2 heteroatoms. The molecular formula is C21H18N2. The second-order valence-corrected chi connectivity index (χ2v) is 5.81. The van der Waals surface area contributed by atoms with E-state index in [0.29, 0.717) is 0 Å². The van der Waals surface area contributed by atoms with Gasteiger partial charge in [-0.15, -0.1) is 0 Å². The molecule has 0 radical (unpaired) electrons. The van der Waals surface area contributed by atoms with E-state index in [-0.39, 0.29) is 0 Å². The summed E-state index contributed by atoms with van der Waals surface area (Å²) in [5.74, 6) is 0. The van der Waals surface area contributed by atoms with Crippen molar-refractivity contribution in [3.63, 3.8) is 0 Å². The van der Waals surface area contributed by atoms with Gasteiger partial charge in [-0.25, -0.2) is 0 Å². The van der Waals surface area contributed by atoms with Crippen LogP contribution in [-0.4, -0.2) is 12.8 Å². The number of fused-ring (bicyclic) bond motifs is 1. The van der Waals surface area contributed by atoms with Crippen LogP contribution in [0, 0.1) is 0 Å². The largest absolute Gasteiger partial charge is 0.345 e. The van der Waals surface area contributed by atoms with Gasteiger partial charge in [-0.1, -0.05) is 48.5 Å². The van der Waals surface area contributed by atoms with Crippen molar-refractivity contribution in [1.29, 1.82) is 0 Å². The Kier molecular flexibility index (Phi) is 3.43. The van der Waals surface area contributed by atoms with Crippen LogP contribution < -0.4 is 4.90 Å². The van der Waals surface area contributed by atoms with Crippen LogP contribution in [0.2, 0.25) is 0 Å². The van der Waals surface area contributed by atoms with E-state index in [9.17, 15) is 0 Å². The van der Waals surface area contributed by atoms with Crippen LogP contribution in [0.25, 0.3) is 0 Å². The highest BCUT2D eigenvalue weighted by Gasteiger charge is 2.15. The van der Waals surface area contributed by atoms with Gasteiger partial charge in [0, 0.05) is 24.8 Å². The lowest BCUT2D eigenvalue weighted by Gasteiger charge is -2.19. The van der Waals surface area contributed by atoms with Gasteiger partial charge >= 0.3 is 0 Å². The minimum Gasteiger partial charge on any atom is -0.345 e. The fraction of sp³-hybridized carbons (Fsp3) is 0.0952. The fourth-order valence-electron chi connectivity index (χ4n) is 2.98. The molecule has 0 aliphatic carbocycles. The molecule has 0 saturated heterocycles. The molecule has 1 aliphatic rings. The molecular weight excluding hydrogens is 280 g/mol. The van der Waals surface area contributed by atoms with E-state index < -0.39 is 0 Å². The molecule has 0 N–H and O–H groups in total. The first-order chi connectivity index (χ1) is 11.3. The van der Waals surface area contributed by atoms with Gasteiger partial charge in [-0.2, -0.15) is 0 Å². The number of rotatable bonds is 3. The lowest BCUT2D eigenvalue weighted by molar-refractivity contribution is 1.21. The predicted octanol–water partition coefficient (Wildman–Crippen LogP) is 5.13. The summed E-state index contributed by atoms with van der Waals surface area (Å²) in [7, 11) is 2.09. The molecule has 112 valence electrons. The van der Waals surface area contributed by atoms with E-state index in [4.69, 9.17) is 4.99 Å². The van der Waals surface area contributed by atoms with E-state index in [1.54, 1.807) is 0 Å². The summed E-state index contributed by atoms with van der Waals surface area (Å²) < 4.78 is 0. The lowest BCUT2D eigenvalue weighted by atomic mass is 10.0. The van der Waals surface area contributed by atoms with Crippen LogP contribution in [0.15, 0.2) is 83.9 Å². The zero-order valence-electron chi connectivity index (χ0n) is 13.1. The number of benzene rings is 3. The first kappa shape index (κ1) is 13.8. The van der Waals surface area contributed by atoms with E-state index in [0.717, 1.165) is 17.8 Å². The van der Waals surface area contributed by atoms with Crippen LogP contribution >= 0.6 is 0 Å². The van der Waals surface area contributed by atoms with Crippen molar-refractivity contribution in [3.8, 4) is 0 Å². The third-order valence-corrected chi connectivity index (χ3v) is 4.34. The van der Waals surface area contributed by atoms with Gasteiger partial charge < -0.3 is 4.90 Å². The Morgan fingerprint density at radius 2 is 1.39 bits per heavy atom. The first-order valence-electron chi connectivity index (χ1n) is 7.86. The third kappa shape index (κ3) is 2.64. The Labute approximate surface area is 136 Å². The van der Waals surface area contributed by atoms with Crippen LogP contribution in [-0.2, 0) is 6.42 Å². The first-order valence-corrected chi connectivity index (χ1v) is 7.86. The second kappa shape index (κ2) is 5.73. The standard InChI is InChI=1S/C21H18N2/c1-23(18-8-3-2-4-9-18)19-13-11-16(12-14-19)21-15-17-7-5-6-10-20(17)22-21/h2-14H,15H2,1H3. The highest BCUT2D eigenvalue weighted by atomic mass is 15.1. The van der Waals surface area contributed by atoms with E-state index in [1.807, 2.05) is 12.1 Å². The number of hydrogen-bond acceptors (Lipinski definition) is 2. The Morgan fingerprint density at radius 1 is 0.739 bits per heavy atom. The van der Waals surface area contributed by atoms with Gasteiger partial charge in [0.25, 0.3) is 0 Å². The lowest BCUT2D eigenvalue weighted by Crippen LogP contribution is -2.09. The molecule has 0 fully saturated rings. The third-order valence-electron chi connectivity index (χ3n) is 4.34. The molecule has 0 saturated carbocycles. The zero-order valence-corrected chi connectivity index (χ0v) is 13.1. The van der Waals surface area contributed by atoms with Gasteiger partial charge in [0.15, 0.2) is 0 Å². The number of nitrogens with zero attached hydrogens (tertiary/aromatic N) is 2. The summed E-state index contributed by atoms with van der Waals surface area (Å²) in [6.07, 6.45) is 0.921. The van der Waals surface area contributed by atoms with Crippen LogP contribution in [0.1, 0.15) is 11.1 Å². The summed E-state index contributed by atoms with van der Waals surface area (Å²) in [4.78, 5) is 6.95. The maximum Gasteiger partial charge on any atom is 0.0669 e. The molecule has 3 aromatic carbocycles. The molecule has 0 amide bonds. The molecule has 0 bridgehead atoms. The number of anilines is 2.